The minimum atomic E-state index is -3.53. The molecular weight excluding hydrogens is 312 g/mol. The molecule has 122 valence electrons. The van der Waals surface area contributed by atoms with E-state index < -0.39 is 10.0 Å². The van der Waals surface area contributed by atoms with Crippen LogP contribution in [0.15, 0.2) is 17.2 Å². The molecule has 0 N–H and O–H groups in total. The van der Waals surface area contributed by atoms with Gasteiger partial charge in [-0.05, 0) is 26.3 Å². The normalized spacial score (nSPS) is 12.5. The maximum atomic E-state index is 12.8. The van der Waals surface area contributed by atoms with Gasteiger partial charge in [-0.15, -0.1) is 11.6 Å². The number of hydrogen-bond donors (Lipinski definition) is 0. The fourth-order valence-corrected chi connectivity index (χ4v) is 4.12. The van der Waals surface area contributed by atoms with Crippen LogP contribution in [0, 0.1) is 0 Å². The van der Waals surface area contributed by atoms with Gasteiger partial charge in [-0.1, -0.05) is 6.92 Å². The van der Waals surface area contributed by atoms with Crippen molar-refractivity contribution in [2.75, 3.05) is 20.3 Å². The molecular formula is C14H25ClN2O3S. The second kappa shape index (κ2) is 8.17. The molecule has 7 heteroatoms. The summed E-state index contributed by atoms with van der Waals surface area (Å²) in [4.78, 5) is 0.302. The van der Waals surface area contributed by atoms with Crippen LogP contribution in [0.1, 0.15) is 32.9 Å². The fraction of sp³-hybridized carbons (Fsp3) is 0.714. The number of rotatable bonds is 9. The lowest BCUT2D eigenvalue weighted by atomic mass is 10.4. The van der Waals surface area contributed by atoms with Crippen molar-refractivity contribution in [1.82, 2.24) is 8.87 Å². The summed E-state index contributed by atoms with van der Waals surface area (Å²) in [6.45, 7) is 7.24. The van der Waals surface area contributed by atoms with Crippen LogP contribution in [0.2, 0.25) is 0 Å². The number of methoxy groups -OCH3 is 1. The predicted octanol–water partition coefficient (Wildman–Crippen LogP) is 2.68. The molecule has 5 nitrogen and oxygen atoms in total. The van der Waals surface area contributed by atoms with Crippen molar-refractivity contribution in [3.63, 3.8) is 0 Å². The van der Waals surface area contributed by atoms with Gasteiger partial charge in [-0.3, -0.25) is 0 Å². The topological polar surface area (TPSA) is 51.5 Å². The first kappa shape index (κ1) is 18.5. The van der Waals surface area contributed by atoms with Gasteiger partial charge in [0.25, 0.3) is 0 Å². The van der Waals surface area contributed by atoms with E-state index in [4.69, 9.17) is 16.3 Å². The average molecular weight is 337 g/mol. The Morgan fingerprint density at radius 1 is 1.43 bits per heavy atom. The maximum absolute atomic E-state index is 12.8. The van der Waals surface area contributed by atoms with Gasteiger partial charge in [-0.25, -0.2) is 8.42 Å². The van der Waals surface area contributed by atoms with Gasteiger partial charge in [0.05, 0.1) is 12.5 Å². The molecule has 0 fully saturated rings. The number of aromatic nitrogens is 1. The van der Waals surface area contributed by atoms with Crippen LogP contribution in [-0.4, -0.2) is 43.6 Å². The van der Waals surface area contributed by atoms with E-state index in [1.165, 1.54) is 4.31 Å². The fourth-order valence-electron chi connectivity index (χ4n) is 2.20. The molecule has 0 aliphatic carbocycles. The highest BCUT2D eigenvalue weighted by atomic mass is 35.5. The first-order valence-electron chi connectivity index (χ1n) is 7.14. The van der Waals surface area contributed by atoms with E-state index in [0.717, 1.165) is 18.7 Å². The Morgan fingerprint density at radius 3 is 2.57 bits per heavy atom. The molecule has 21 heavy (non-hydrogen) atoms. The van der Waals surface area contributed by atoms with Crippen LogP contribution in [0.3, 0.4) is 0 Å². The SMILES string of the molecule is CCCn1cc(S(=O)(=O)N(CCOC)C(C)C)cc1CCl. The zero-order valence-corrected chi connectivity index (χ0v) is 14.7. The Bertz CT molecular complexity index is 540. The van der Waals surface area contributed by atoms with E-state index >= 15 is 0 Å². The van der Waals surface area contributed by atoms with Crippen LogP contribution in [0.25, 0.3) is 0 Å². The molecule has 0 saturated carbocycles. The molecule has 0 aromatic carbocycles. The van der Waals surface area contributed by atoms with E-state index in [0.29, 0.717) is 23.9 Å². The van der Waals surface area contributed by atoms with E-state index in [2.05, 4.69) is 0 Å². The average Bonchev–Trinajstić information content (AvgIpc) is 2.83. The summed E-state index contributed by atoms with van der Waals surface area (Å²) in [6, 6.07) is 1.54. The van der Waals surface area contributed by atoms with Crippen LogP contribution in [0.5, 0.6) is 0 Å². The second-order valence-corrected chi connectivity index (χ2v) is 7.35. The summed E-state index contributed by atoms with van der Waals surface area (Å²) in [5, 5.41) is 0. The maximum Gasteiger partial charge on any atom is 0.244 e. The second-order valence-electron chi connectivity index (χ2n) is 5.20. The lowest BCUT2D eigenvalue weighted by molar-refractivity contribution is 0.171. The van der Waals surface area contributed by atoms with Gasteiger partial charge in [0.15, 0.2) is 0 Å². The number of alkyl halides is 1. The van der Waals surface area contributed by atoms with Gasteiger partial charge in [0.1, 0.15) is 4.90 Å². The van der Waals surface area contributed by atoms with Crippen molar-refractivity contribution in [3.8, 4) is 0 Å². The summed E-state index contributed by atoms with van der Waals surface area (Å²) in [5.74, 6) is 0.301. The molecule has 1 aromatic heterocycles. The van der Waals surface area contributed by atoms with Gasteiger partial charge >= 0.3 is 0 Å². The smallest absolute Gasteiger partial charge is 0.244 e. The molecule has 0 amide bonds. The van der Waals surface area contributed by atoms with Crippen LogP contribution < -0.4 is 0 Å². The summed E-state index contributed by atoms with van der Waals surface area (Å²) in [7, 11) is -1.96. The zero-order chi connectivity index (χ0) is 16.0. The summed E-state index contributed by atoms with van der Waals surface area (Å²) >= 11 is 5.91. The Labute approximate surface area is 132 Å². The molecule has 0 aliphatic rings. The third kappa shape index (κ3) is 4.45. The lowest BCUT2D eigenvalue weighted by Gasteiger charge is -2.25. The number of hydrogen-bond acceptors (Lipinski definition) is 3. The van der Waals surface area contributed by atoms with E-state index in [1.54, 1.807) is 19.4 Å². The molecule has 1 rings (SSSR count). The number of nitrogens with zero attached hydrogens (tertiary/aromatic N) is 2. The molecule has 0 bridgehead atoms. The highest BCUT2D eigenvalue weighted by Crippen LogP contribution is 2.22. The molecule has 0 atom stereocenters. The van der Waals surface area contributed by atoms with Crippen molar-refractivity contribution in [2.45, 2.75) is 50.6 Å². The standard InChI is InChI=1S/C14H25ClN2O3S/c1-5-6-16-11-14(9-13(16)10-15)21(18,19)17(12(2)3)7-8-20-4/h9,11-12H,5-8,10H2,1-4H3. The minimum Gasteiger partial charge on any atom is -0.383 e. The Balaban J connectivity index is 3.15. The van der Waals surface area contributed by atoms with Gasteiger partial charge in [0, 0.05) is 38.1 Å². The van der Waals surface area contributed by atoms with Crippen molar-refractivity contribution < 1.29 is 13.2 Å². The predicted molar refractivity (Wildman–Crippen MR) is 85.2 cm³/mol. The summed E-state index contributed by atoms with van der Waals surface area (Å²) < 4.78 is 33.9. The third-order valence-corrected chi connectivity index (χ3v) is 5.58. The molecule has 0 radical (unpaired) electrons. The molecule has 1 heterocycles. The Kier molecular flexibility index (Phi) is 7.20. The molecule has 0 aliphatic heterocycles. The van der Waals surface area contributed by atoms with Crippen molar-refractivity contribution in [1.29, 1.82) is 0 Å². The molecule has 0 saturated heterocycles. The molecule has 1 aromatic rings. The van der Waals surface area contributed by atoms with Crippen molar-refractivity contribution in [2.24, 2.45) is 0 Å². The largest absolute Gasteiger partial charge is 0.383 e. The minimum absolute atomic E-state index is 0.126. The van der Waals surface area contributed by atoms with Crippen LogP contribution >= 0.6 is 11.6 Å². The summed E-state index contributed by atoms with van der Waals surface area (Å²) in [6.07, 6.45) is 2.61. The zero-order valence-electron chi connectivity index (χ0n) is 13.2. The monoisotopic (exact) mass is 336 g/mol. The molecule has 0 spiro atoms. The Hall–Kier alpha value is -0.560. The number of ether oxygens (including phenoxy) is 1. The number of aryl methyl sites for hydroxylation is 1. The van der Waals surface area contributed by atoms with E-state index in [1.807, 2.05) is 25.3 Å². The van der Waals surface area contributed by atoms with Gasteiger partial charge in [0.2, 0.25) is 10.0 Å². The lowest BCUT2D eigenvalue weighted by Crippen LogP contribution is -2.39. The first-order chi connectivity index (χ1) is 9.88. The Morgan fingerprint density at radius 2 is 2.10 bits per heavy atom. The highest BCUT2D eigenvalue weighted by Gasteiger charge is 2.28. The molecule has 0 unspecified atom stereocenters. The van der Waals surface area contributed by atoms with Crippen LogP contribution in [0.4, 0.5) is 0 Å². The van der Waals surface area contributed by atoms with Crippen molar-refractivity contribution in [3.05, 3.63) is 18.0 Å². The van der Waals surface area contributed by atoms with Crippen LogP contribution in [-0.2, 0) is 27.2 Å². The third-order valence-electron chi connectivity index (χ3n) is 3.26. The van der Waals surface area contributed by atoms with Gasteiger partial charge < -0.3 is 9.30 Å². The number of sulfonamides is 1. The van der Waals surface area contributed by atoms with Gasteiger partial charge in [-0.2, -0.15) is 4.31 Å². The first-order valence-corrected chi connectivity index (χ1v) is 9.11. The highest BCUT2D eigenvalue weighted by molar-refractivity contribution is 7.89. The van der Waals surface area contributed by atoms with E-state index in [9.17, 15) is 8.42 Å². The quantitative estimate of drug-likeness (QED) is 0.651. The summed E-state index contributed by atoms with van der Waals surface area (Å²) in [5.41, 5.74) is 0.826. The van der Waals surface area contributed by atoms with E-state index in [-0.39, 0.29) is 6.04 Å². The van der Waals surface area contributed by atoms with Crippen molar-refractivity contribution >= 4 is 21.6 Å². The number of halogens is 1.